The van der Waals surface area contributed by atoms with Gasteiger partial charge >= 0.3 is 0 Å². The van der Waals surface area contributed by atoms with E-state index in [0.29, 0.717) is 44.5 Å². The van der Waals surface area contributed by atoms with Crippen molar-refractivity contribution < 1.29 is 14.4 Å². The number of nitrogens with one attached hydrogen (secondary N) is 1. The van der Waals surface area contributed by atoms with E-state index < -0.39 is 0 Å². The minimum absolute atomic E-state index is 0.00304. The molecule has 1 aromatic carbocycles. The molecule has 6 nitrogen and oxygen atoms in total. The summed E-state index contributed by atoms with van der Waals surface area (Å²) in [5, 5.41) is 2.94. The smallest absolute Gasteiger partial charge is 0.253 e. The number of hydrogen-bond donors (Lipinski definition) is 1. The first-order valence-electron chi connectivity index (χ1n) is 9.57. The van der Waals surface area contributed by atoms with E-state index in [-0.39, 0.29) is 23.6 Å². The summed E-state index contributed by atoms with van der Waals surface area (Å²) in [6, 6.07) is 7.29. The molecule has 6 heteroatoms. The zero-order valence-corrected chi connectivity index (χ0v) is 15.4. The van der Waals surface area contributed by atoms with Crippen LogP contribution in [0.4, 0.5) is 5.69 Å². The molecule has 3 amide bonds. The van der Waals surface area contributed by atoms with Crippen molar-refractivity contribution in [2.45, 2.75) is 39.0 Å². The van der Waals surface area contributed by atoms with Gasteiger partial charge in [-0.15, -0.1) is 0 Å². The highest BCUT2D eigenvalue weighted by Gasteiger charge is 2.28. The van der Waals surface area contributed by atoms with Gasteiger partial charge in [0.1, 0.15) is 0 Å². The Bertz CT molecular complexity index is 663. The van der Waals surface area contributed by atoms with Gasteiger partial charge in [0.05, 0.1) is 0 Å². The molecule has 0 bridgehead atoms. The maximum Gasteiger partial charge on any atom is 0.253 e. The summed E-state index contributed by atoms with van der Waals surface area (Å²) >= 11 is 0. The second-order valence-electron chi connectivity index (χ2n) is 7.05. The summed E-state index contributed by atoms with van der Waals surface area (Å²) < 4.78 is 0. The van der Waals surface area contributed by atoms with Gasteiger partial charge in [0.25, 0.3) is 5.91 Å². The Kier molecular flexibility index (Phi) is 5.91. The van der Waals surface area contributed by atoms with Crippen LogP contribution in [0.5, 0.6) is 0 Å². The molecule has 2 saturated heterocycles. The maximum atomic E-state index is 12.7. The quantitative estimate of drug-likeness (QED) is 0.878. The molecule has 0 saturated carbocycles. The van der Waals surface area contributed by atoms with Gasteiger partial charge in [0.15, 0.2) is 0 Å². The molecule has 0 atom stereocenters. The predicted molar refractivity (Wildman–Crippen MR) is 100.0 cm³/mol. The first-order valence-corrected chi connectivity index (χ1v) is 9.57. The van der Waals surface area contributed by atoms with Crippen LogP contribution in [0.3, 0.4) is 0 Å². The summed E-state index contributed by atoms with van der Waals surface area (Å²) in [6.07, 6.45) is 3.84. The predicted octanol–water partition coefficient (Wildman–Crippen LogP) is 2.19. The third-order valence-corrected chi connectivity index (χ3v) is 5.20. The van der Waals surface area contributed by atoms with Crippen molar-refractivity contribution in [1.82, 2.24) is 10.2 Å². The van der Waals surface area contributed by atoms with E-state index in [1.807, 2.05) is 24.0 Å². The molecule has 1 aromatic rings. The Labute approximate surface area is 154 Å². The molecular formula is C20H27N3O3. The van der Waals surface area contributed by atoms with E-state index in [2.05, 4.69) is 5.32 Å². The average Bonchev–Trinajstić information content (AvgIpc) is 3.11. The Morgan fingerprint density at radius 2 is 1.81 bits per heavy atom. The maximum absolute atomic E-state index is 12.7. The van der Waals surface area contributed by atoms with Crippen LogP contribution >= 0.6 is 0 Å². The Balaban J connectivity index is 1.55. The largest absolute Gasteiger partial charge is 0.356 e. The lowest BCUT2D eigenvalue weighted by Crippen LogP contribution is -2.43. The van der Waals surface area contributed by atoms with Gasteiger partial charge in [0.2, 0.25) is 11.8 Å². The van der Waals surface area contributed by atoms with Gasteiger partial charge in [-0.1, -0.05) is 6.92 Å². The van der Waals surface area contributed by atoms with Crippen LogP contribution in [-0.4, -0.2) is 48.8 Å². The molecule has 2 heterocycles. The van der Waals surface area contributed by atoms with Crippen molar-refractivity contribution in [2.75, 3.05) is 31.1 Å². The number of nitrogens with zero attached hydrogens (tertiary/aromatic N) is 2. The van der Waals surface area contributed by atoms with Gasteiger partial charge in [0, 0.05) is 49.8 Å². The number of carbonyl (C=O) groups excluding carboxylic acids is 3. The first-order chi connectivity index (χ1) is 12.6. The molecule has 2 aliphatic rings. The van der Waals surface area contributed by atoms with E-state index in [1.54, 1.807) is 17.0 Å². The van der Waals surface area contributed by atoms with Gasteiger partial charge in [-0.25, -0.2) is 0 Å². The topological polar surface area (TPSA) is 69.7 Å². The number of carbonyl (C=O) groups is 3. The number of anilines is 1. The molecule has 0 radical (unpaired) electrons. The van der Waals surface area contributed by atoms with Crippen LogP contribution in [0.25, 0.3) is 0 Å². The van der Waals surface area contributed by atoms with E-state index >= 15 is 0 Å². The number of piperidine rings is 1. The minimum atomic E-state index is -0.00304. The average molecular weight is 357 g/mol. The zero-order chi connectivity index (χ0) is 18.5. The molecule has 140 valence electrons. The van der Waals surface area contributed by atoms with Crippen LogP contribution in [0.15, 0.2) is 24.3 Å². The molecule has 3 rings (SSSR count). The SMILES string of the molecule is CCCNC(=O)C1CCN(C(=O)c2ccc(N3CCCC3=O)cc2)CC1. The molecular weight excluding hydrogens is 330 g/mol. The molecule has 0 aromatic heterocycles. The van der Waals surface area contributed by atoms with E-state index in [0.717, 1.165) is 25.1 Å². The Hall–Kier alpha value is -2.37. The highest BCUT2D eigenvalue weighted by Crippen LogP contribution is 2.23. The number of rotatable bonds is 5. The summed E-state index contributed by atoms with van der Waals surface area (Å²) in [6.45, 7) is 4.71. The second-order valence-corrected chi connectivity index (χ2v) is 7.05. The fourth-order valence-corrected chi connectivity index (χ4v) is 3.62. The van der Waals surface area contributed by atoms with Crippen LogP contribution < -0.4 is 10.2 Å². The number of likely N-dealkylation sites (tertiary alicyclic amines) is 1. The van der Waals surface area contributed by atoms with Crippen molar-refractivity contribution >= 4 is 23.4 Å². The Morgan fingerprint density at radius 1 is 1.12 bits per heavy atom. The summed E-state index contributed by atoms with van der Waals surface area (Å²) in [5.74, 6) is 0.261. The fourth-order valence-electron chi connectivity index (χ4n) is 3.62. The summed E-state index contributed by atoms with van der Waals surface area (Å²) in [5.41, 5.74) is 1.49. The third kappa shape index (κ3) is 4.06. The lowest BCUT2D eigenvalue weighted by atomic mass is 9.95. The van der Waals surface area contributed by atoms with Gasteiger partial charge in [-0.05, 0) is 49.9 Å². The van der Waals surface area contributed by atoms with Gasteiger partial charge < -0.3 is 15.1 Å². The second kappa shape index (κ2) is 8.34. The normalized spacial score (nSPS) is 18.3. The zero-order valence-electron chi connectivity index (χ0n) is 15.4. The van der Waals surface area contributed by atoms with Crippen molar-refractivity contribution in [3.05, 3.63) is 29.8 Å². The molecule has 26 heavy (non-hydrogen) atoms. The van der Waals surface area contributed by atoms with E-state index in [1.165, 1.54) is 0 Å². The molecule has 1 N–H and O–H groups in total. The van der Waals surface area contributed by atoms with Crippen LogP contribution in [0.2, 0.25) is 0 Å². The van der Waals surface area contributed by atoms with Crippen molar-refractivity contribution in [2.24, 2.45) is 5.92 Å². The highest BCUT2D eigenvalue weighted by molar-refractivity contribution is 5.97. The highest BCUT2D eigenvalue weighted by atomic mass is 16.2. The Morgan fingerprint density at radius 3 is 2.38 bits per heavy atom. The third-order valence-electron chi connectivity index (χ3n) is 5.20. The van der Waals surface area contributed by atoms with E-state index in [4.69, 9.17) is 0 Å². The minimum Gasteiger partial charge on any atom is -0.356 e. The molecule has 2 aliphatic heterocycles. The van der Waals surface area contributed by atoms with Gasteiger partial charge in [-0.2, -0.15) is 0 Å². The van der Waals surface area contributed by atoms with Crippen LogP contribution in [-0.2, 0) is 9.59 Å². The standard InChI is InChI=1S/C20H27N3O3/c1-2-11-21-19(25)15-9-13-22(14-10-15)20(26)16-5-7-17(8-6-16)23-12-3-4-18(23)24/h5-8,15H,2-4,9-14H2,1H3,(H,21,25). The van der Waals surface area contributed by atoms with Crippen LogP contribution in [0, 0.1) is 5.92 Å². The van der Waals surface area contributed by atoms with Crippen molar-refractivity contribution in [3.63, 3.8) is 0 Å². The number of benzene rings is 1. The van der Waals surface area contributed by atoms with Gasteiger partial charge in [-0.3, -0.25) is 14.4 Å². The first kappa shape index (κ1) is 18.4. The van der Waals surface area contributed by atoms with Crippen molar-refractivity contribution in [3.8, 4) is 0 Å². The lowest BCUT2D eigenvalue weighted by Gasteiger charge is -2.31. The lowest BCUT2D eigenvalue weighted by molar-refractivity contribution is -0.126. The van der Waals surface area contributed by atoms with E-state index in [9.17, 15) is 14.4 Å². The number of hydrogen-bond acceptors (Lipinski definition) is 3. The number of amides is 3. The molecule has 0 unspecified atom stereocenters. The summed E-state index contributed by atoms with van der Waals surface area (Å²) in [7, 11) is 0. The molecule has 0 aliphatic carbocycles. The summed E-state index contributed by atoms with van der Waals surface area (Å²) in [4.78, 5) is 40.1. The fraction of sp³-hybridized carbons (Fsp3) is 0.550. The molecule has 0 spiro atoms. The monoisotopic (exact) mass is 357 g/mol. The van der Waals surface area contributed by atoms with Crippen molar-refractivity contribution in [1.29, 1.82) is 0 Å². The molecule has 2 fully saturated rings. The van der Waals surface area contributed by atoms with Crippen LogP contribution in [0.1, 0.15) is 49.4 Å².